The molecule has 0 heterocycles. The normalized spacial score (nSPS) is 19.5. The fourth-order valence-electron chi connectivity index (χ4n) is 2.55. The molecule has 1 fully saturated rings. The highest BCUT2D eigenvalue weighted by atomic mass is 16.5. The van der Waals surface area contributed by atoms with Crippen LogP contribution >= 0.6 is 0 Å². The minimum atomic E-state index is -0.125. The number of nitrogens with zero attached hydrogens (tertiary/aromatic N) is 1. The minimum absolute atomic E-state index is 0.125. The standard InChI is InChI=1S/C16H23N3O2/c1-3-12-5-4-6-15(12)18-19-16(20)11-17-13-7-9-14(21-2)10-8-13/h7-10,12,17H,3-6,11H2,1-2H3,(H,19,20)/b18-15+. The fraction of sp³-hybridized carbons (Fsp3) is 0.500. The topological polar surface area (TPSA) is 62.7 Å². The summed E-state index contributed by atoms with van der Waals surface area (Å²) in [5, 5.41) is 7.33. The third-order valence-electron chi connectivity index (χ3n) is 3.82. The molecule has 0 radical (unpaired) electrons. The summed E-state index contributed by atoms with van der Waals surface area (Å²) >= 11 is 0. The molecule has 2 rings (SSSR count). The Morgan fingerprint density at radius 1 is 1.38 bits per heavy atom. The Morgan fingerprint density at radius 3 is 2.81 bits per heavy atom. The van der Waals surface area contributed by atoms with Crippen molar-refractivity contribution in [1.82, 2.24) is 5.43 Å². The Balaban J connectivity index is 1.78. The van der Waals surface area contributed by atoms with Crippen LogP contribution in [0.5, 0.6) is 5.75 Å². The molecule has 114 valence electrons. The molecule has 1 aliphatic carbocycles. The van der Waals surface area contributed by atoms with E-state index in [9.17, 15) is 4.79 Å². The maximum Gasteiger partial charge on any atom is 0.259 e. The van der Waals surface area contributed by atoms with E-state index < -0.39 is 0 Å². The van der Waals surface area contributed by atoms with Crippen molar-refractivity contribution in [3.63, 3.8) is 0 Å². The molecule has 1 aliphatic rings. The van der Waals surface area contributed by atoms with Crippen molar-refractivity contribution >= 4 is 17.3 Å². The van der Waals surface area contributed by atoms with Gasteiger partial charge in [0, 0.05) is 11.4 Å². The molecule has 1 amide bonds. The first-order valence-corrected chi connectivity index (χ1v) is 7.46. The van der Waals surface area contributed by atoms with Crippen molar-refractivity contribution < 1.29 is 9.53 Å². The molecular formula is C16H23N3O2. The summed E-state index contributed by atoms with van der Waals surface area (Å²) < 4.78 is 5.09. The van der Waals surface area contributed by atoms with Gasteiger partial charge in [-0.1, -0.05) is 6.92 Å². The zero-order valence-electron chi connectivity index (χ0n) is 12.7. The van der Waals surface area contributed by atoms with Crippen molar-refractivity contribution in [2.24, 2.45) is 11.0 Å². The predicted octanol–water partition coefficient (Wildman–Crippen LogP) is 2.79. The molecule has 0 bridgehead atoms. The average Bonchev–Trinajstić information content (AvgIpc) is 2.99. The number of nitrogens with one attached hydrogen (secondary N) is 2. The van der Waals surface area contributed by atoms with Gasteiger partial charge in [0.25, 0.3) is 5.91 Å². The van der Waals surface area contributed by atoms with Gasteiger partial charge in [-0.3, -0.25) is 4.79 Å². The van der Waals surface area contributed by atoms with Crippen LogP contribution in [0.4, 0.5) is 5.69 Å². The van der Waals surface area contributed by atoms with Crippen molar-refractivity contribution in [2.75, 3.05) is 19.0 Å². The molecule has 5 heteroatoms. The van der Waals surface area contributed by atoms with Gasteiger partial charge in [0.05, 0.1) is 13.7 Å². The molecule has 5 nitrogen and oxygen atoms in total. The summed E-state index contributed by atoms with van der Waals surface area (Å²) in [6, 6.07) is 7.46. The first-order valence-electron chi connectivity index (χ1n) is 7.46. The van der Waals surface area contributed by atoms with E-state index in [4.69, 9.17) is 4.74 Å². The summed E-state index contributed by atoms with van der Waals surface area (Å²) in [7, 11) is 1.63. The number of amides is 1. The average molecular weight is 289 g/mol. The van der Waals surface area contributed by atoms with Crippen LogP contribution in [0.25, 0.3) is 0 Å². The second kappa shape index (κ2) is 7.67. The molecule has 1 aromatic rings. The molecule has 2 N–H and O–H groups in total. The van der Waals surface area contributed by atoms with Gasteiger partial charge in [0.1, 0.15) is 5.75 Å². The number of methoxy groups -OCH3 is 1. The van der Waals surface area contributed by atoms with Gasteiger partial charge in [-0.25, -0.2) is 5.43 Å². The number of carbonyl (C=O) groups is 1. The van der Waals surface area contributed by atoms with E-state index in [-0.39, 0.29) is 12.5 Å². The van der Waals surface area contributed by atoms with E-state index in [1.54, 1.807) is 7.11 Å². The largest absolute Gasteiger partial charge is 0.497 e. The molecule has 1 saturated carbocycles. The van der Waals surface area contributed by atoms with Crippen LogP contribution in [0.1, 0.15) is 32.6 Å². The number of rotatable bonds is 6. The smallest absolute Gasteiger partial charge is 0.259 e. The third kappa shape index (κ3) is 4.48. The summed E-state index contributed by atoms with van der Waals surface area (Å²) in [6.45, 7) is 2.37. The van der Waals surface area contributed by atoms with Crippen LogP contribution < -0.4 is 15.5 Å². The number of carbonyl (C=O) groups excluding carboxylic acids is 1. The highest BCUT2D eigenvalue weighted by Crippen LogP contribution is 2.24. The number of benzene rings is 1. The van der Waals surface area contributed by atoms with Gasteiger partial charge >= 0.3 is 0 Å². The lowest BCUT2D eigenvalue weighted by Gasteiger charge is -2.09. The van der Waals surface area contributed by atoms with Crippen LogP contribution in [0.15, 0.2) is 29.4 Å². The van der Waals surface area contributed by atoms with Gasteiger partial charge < -0.3 is 10.1 Å². The Bertz CT molecular complexity index is 497. The van der Waals surface area contributed by atoms with E-state index in [2.05, 4.69) is 22.8 Å². The van der Waals surface area contributed by atoms with E-state index in [1.165, 1.54) is 12.8 Å². The van der Waals surface area contributed by atoms with Gasteiger partial charge in [-0.15, -0.1) is 0 Å². The van der Waals surface area contributed by atoms with E-state index in [0.717, 1.165) is 30.0 Å². The van der Waals surface area contributed by atoms with Gasteiger partial charge in [0.15, 0.2) is 0 Å². The van der Waals surface area contributed by atoms with Crippen LogP contribution in [-0.4, -0.2) is 25.3 Å². The molecule has 21 heavy (non-hydrogen) atoms. The van der Waals surface area contributed by atoms with Crippen LogP contribution in [0.3, 0.4) is 0 Å². The zero-order chi connectivity index (χ0) is 15.1. The summed E-state index contributed by atoms with van der Waals surface area (Å²) in [5.74, 6) is 1.21. The SMILES string of the molecule is CCC1CCC/C1=N\NC(=O)CNc1ccc(OC)cc1. The number of hydrogen-bond acceptors (Lipinski definition) is 4. The van der Waals surface area contributed by atoms with E-state index in [1.807, 2.05) is 24.3 Å². The zero-order valence-corrected chi connectivity index (χ0v) is 12.7. The first kappa shape index (κ1) is 15.4. The summed E-state index contributed by atoms with van der Waals surface area (Å²) in [6.07, 6.45) is 4.47. The highest BCUT2D eigenvalue weighted by molar-refractivity contribution is 5.90. The Kier molecular flexibility index (Phi) is 5.60. The molecule has 1 atom stereocenters. The minimum Gasteiger partial charge on any atom is -0.497 e. The number of anilines is 1. The van der Waals surface area contributed by atoms with E-state index >= 15 is 0 Å². The molecule has 1 aromatic carbocycles. The third-order valence-corrected chi connectivity index (χ3v) is 3.82. The van der Waals surface area contributed by atoms with Crippen molar-refractivity contribution in [3.05, 3.63) is 24.3 Å². The lowest BCUT2D eigenvalue weighted by Crippen LogP contribution is -2.27. The summed E-state index contributed by atoms with van der Waals surface area (Å²) in [4.78, 5) is 11.8. The lowest BCUT2D eigenvalue weighted by atomic mass is 10.0. The van der Waals surface area contributed by atoms with E-state index in [0.29, 0.717) is 5.92 Å². The molecule has 1 unspecified atom stereocenters. The Hall–Kier alpha value is -2.04. The van der Waals surface area contributed by atoms with Crippen LogP contribution in [0.2, 0.25) is 0 Å². The number of hydrazone groups is 1. The van der Waals surface area contributed by atoms with Crippen molar-refractivity contribution in [1.29, 1.82) is 0 Å². The van der Waals surface area contributed by atoms with Gasteiger partial charge in [-0.05, 0) is 55.9 Å². The number of ether oxygens (including phenoxy) is 1. The maximum absolute atomic E-state index is 11.8. The van der Waals surface area contributed by atoms with Crippen molar-refractivity contribution in [3.8, 4) is 5.75 Å². The lowest BCUT2D eigenvalue weighted by molar-refractivity contribution is -0.119. The molecule has 0 aromatic heterocycles. The second-order valence-electron chi connectivity index (χ2n) is 5.22. The van der Waals surface area contributed by atoms with Gasteiger partial charge in [-0.2, -0.15) is 5.10 Å². The molecule has 0 spiro atoms. The Morgan fingerprint density at radius 2 is 2.14 bits per heavy atom. The quantitative estimate of drug-likeness (QED) is 0.792. The number of hydrogen-bond donors (Lipinski definition) is 2. The van der Waals surface area contributed by atoms with Crippen molar-refractivity contribution in [2.45, 2.75) is 32.6 Å². The second-order valence-corrected chi connectivity index (χ2v) is 5.22. The fourth-order valence-corrected chi connectivity index (χ4v) is 2.55. The monoisotopic (exact) mass is 289 g/mol. The summed E-state index contributed by atoms with van der Waals surface area (Å²) in [5.41, 5.74) is 4.66. The van der Waals surface area contributed by atoms with Crippen LogP contribution in [0, 0.1) is 5.92 Å². The highest BCUT2D eigenvalue weighted by Gasteiger charge is 2.20. The van der Waals surface area contributed by atoms with Gasteiger partial charge in [0.2, 0.25) is 0 Å². The predicted molar refractivity (Wildman–Crippen MR) is 84.7 cm³/mol. The molecule has 0 aliphatic heterocycles. The molecular weight excluding hydrogens is 266 g/mol. The first-order chi connectivity index (χ1) is 10.2. The van der Waals surface area contributed by atoms with Crippen LogP contribution in [-0.2, 0) is 4.79 Å². The Labute approximate surface area is 125 Å². The maximum atomic E-state index is 11.8. The molecule has 0 saturated heterocycles.